The number of anilines is 2. The molecule has 0 amide bonds. The Balaban J connectivity index is 1.54. The summed E-state index contributed by atoms with van der Waals surface area (Å²) in [5.74, 6) is 2.53. The first-order chi connectivity index (χ1) is 12.5. The van der Waals surface area contributed by atoms with Crippen molar-refractivity contribution in [1.29, 1.82) is 0 Å². The van der Waals surface area contributed by atoms with Crippen LogP contribution >= 0.6 is 11.3 Å². The van der Waals surface area contributed by atoms with Gasteiger partial charge >= 0.3 is 0 Å². The molecule has 0 atom stereocenters. The monoisotopic (exact) mass is 370 g/mol. The van der Waals surface area contributed by atoms with Crippen molar-refractivity contribution in [3.8, 4) is 5.82 Å². The Kier molecular flexibility index (Phi) is 4.31. The SMILES string of the molecule is Cc1cc(C)n(-c2cc(N3CCN(c4nnc(C)s4)CC3)nc(C)n2)n1. The lowest BCUT2D eigenvalue weighted by molar-refractivity contribution is 0.640. The maximum atomic E-state index is 4.65. The van der Waals surface area contributed by atoms with Crippen LogP contribution in [0.1, 0.15) is 22.2 Å². The molecule has 1 aliphatic heterocycles. The summed E-state index contributed by atoms with van der Waals surface area (Å²) in [6, 6.07) is 4.08. The first kappa shape index (κ1) is 16.9. The molecule has 1 fully saturated rings. The lowest BCUT2D eigenvalue weighted by Gasteiger charge is -2.35. The highest BCUT2D eigenvalue weighted by Gasteiger charge is 2.21. The number of aromatic nitrogens is 6. The molecular weight excluding hydrogens is 348 g/mol. The maximum absolute atomic E-state index is 4.65. The lowest BCUT2D eigenvalue weighted by Crippen LogP contribution is -2.47. The quantitative estimate of drug-likeness (QED) is 0.698. The van der Waals surface area contributed by atoms with E-state index in [9.17, 15) is 0 Å². The van der Waals surface area contributed by atoms with Gasteiger partial charge in [-0.1, -0.05) is 11.3 Å². The molecule has 3 aromatic heterocycles. The third-order valence-electron chi connectivity index (χ3n) is 4.43. The zero-order valence-corrected chi connectivity index (χ0v) is 16.3. The molecule has 26 heavy (non-hydrogen) atoms. The minimum atomic E-state index is 0.757. The maximum Gasteiger partial charge on any atom is 0.208 e. The second-order valence-electron chi connectivity index (χ2n) is 6.55. The van der Waals surface area contributed by atoms with Crippen molar-refractivity contribution in [2.75, 3.05) is 36.0 Å². The Bertz CT molecular complexity index is 923. The number of nitrogens with zero attached hydrogens (tertiary/aromatic N) is 8. The van der Waals surface area contributed by atoms with Crippen molar-refractivity contribution >= 4 is 22.3 Å². The average Bonchev–Trinajstić information content (AvgIpc) is 3.19. The molecule has 8 nitrogen and oxygen atoms in total. The molecule has 1 saturated heterocycles. The van der Waals surface area contributed by atoms with Crippen molar-refractivity contribution in [3.05, 3.63) is 34.4 Å². The summed E-state index contributed by atoms with van der Waals surface area (Å²) in [6.45, 7) is 11.6. The first-order valence-corrected chi connectivity index (χ1v) is 9.50. The molecule has 0 spiro atoms. The summed E-state index contributed by atoms with van der Waals surface area (Å²) in [5, 5.41) is 14.9. The van der Waals surface area contributed by atoms with Crippen LogP contribution in [-0.2, 0) is 0 Å². The Morgan fingerprint density at radius 3 is 2.15 bits per heavy atom. The number of aryl methyl sites for hydroxylation is 4. The minimum absolute atomic E-state index is 0.757. The number of hydrogen-bond donors (Lipinski definition) is 0. The highest BCUT2D eigenvalue weighted by molar-refractivity contribution is 7.15. The predicted molar refractivity (Wildman–Crippen MR) is 102 cm³/mol. The molecule has 9 heteroatoms. The van der Waals surface area contributed by atoms with Crippen LogP contribution in [0.15, 0.2) is 12.1 Å². The summed E-state index contributed by atoms with van der Waals surface area (Å²) >= 11 is 1.65. The summed E-state index contributed by atoms with van der Waals surface area (Å²) in [6.07, 6.45) is 0. The van der Waals surface area contributed by atoms with Crippen LogP contribution in [-0.4, -0.2) is 56.1 Å². The Morgan fingerprint density at radius 2 is 1.54 bits per heavy atom. The van der Waals surface area contributed by atoms with E-state index in [1.165, 1.54) is 0 Å². The molecule has 0 unspecified atom stereocenters. The topological polar surface area (TPSA) is 75.9 Å². The van der Waals surface area contributed by atoms with Crippen LogP contribution in [0.3, 0.4) is 0 Å². The zero-order chi connectivity index (χ0) is 18.3. The summed E-state index contributed by atoms with van der Waals surface area (Å²) in [4.78, 5) is 13.8. The molecule has 0 N–H and O–H groups in total. The highest BCUT2D eigenvalue weighted by atomic mass is 32.1. The number of piperazine rings is 1. The fourth-order valence-electron chi connectivity index (χ4n) is 3.21. The number of rotatable bonds is 3. The van der Waals surface area contributed by atoms with Gasteiger partial charge in [0.25, 0.3) is 0 Å². The van der Waals surface area contributed by atoms with E-state index in [1.54, 1.807) is 11.3 Å². The van der Waals surface area contributed by atoms with Crippen LogP contribution in [0.4, 0.5) is 10.9 Å². The fraction of sp³-hybridized carbons (Fsp3) is 0.471. The van der Waals surface area contributed by atoms with E-state index >= 15 is 0 Å². The minimum Gasteiger partial charge on any atom is -0.353 e. The molecule has 0 saturated carbocycles. The van der Waals surface area contributed by atoms with Crippen molar-refractivity contribution < 1.29 is 0 Å². The van der Waals surface area contributed by atoms with Crippen molar-refractivity contribution in [1.82, 2.24) is 29.9 Å². The van der Waals surface area contributed by atoms with Gasteiger partial charge in [0.2, 0.25) is 5.13 Å². The second kappa shape index (κ2) is 6.64. The van der Waals surface area contributed by atoms with Crippen LogP contribution < -0.4 is 9.80 Å². The molecular formula is C17H22N8S. The molecule has 0 radical (unpaired) electrons. The Hall–Kier alpha value is -2.55. The van der Waals surface area contributed by atoms with E-state index in [4.69, 9.17) is 0 Å². The van der Waals surface area contributed by atoms with Crippen LogP contribution in [0, 0.1) is 27.7 Å². The highest BCUT2D eigenvalue weighted by Crippen LogP contribution is 2.23. The fourth-order valence-corrected chi connectivity index (χ4v) is 3.95. The van der Waals surface area contributed by atoms with Gasteiger partial charge in [-0.3, -0.25) is 0 Å². The van der Waals surface area contributed by atoms with Gasteiger partial charge in [0.05, 0.1) is 5.69 Å². The number of hydrogen-bond acceptors (Lipinski definition) is 8. The molecule has 0 aromatic carbocycles. The summed E-state index contributed by atoms with van der Waals surface area (Å²) in [7, 11) is 0. The third-order valence-corrected chi connectivity index (χ3v) is 5.33. The lowest BCUT2D eigenvalue weighted by atomic mass is 10.3. The largest absolute Gasteiger partial charge is 0.353 e. The Labute approximate surface area is 156 Å². The van der Waals surface area contributed by atoms with Crippen molar-refractivity contribution in [2.45, 2.75) is 27.7 Å². The van der Waals surface area contributed by atoms with E-state index in [1.807, 2.05) is 38.4 Å². The average molecular weight is 370 g/mol. The van der Waals surface area contributed by atoms with E-state index in [0.717, 1.165) is 65.2 Å². The molecule has 0 aliphatic carbocycles. The molecule has 1 aliphatic rings. The van der Waals surface area contributed by atoms with Gasteiger partial charge in [0.1, 0.15) is 16.6 Å². The van der Waals surface area contributed by atoms with Gasteiger partial charge < -0.3 is 9.80 Å². The van der Waals surface area contributed by atoms with Crippen LogP contribution in [0.2, 0.25) is 0 Å². The molecule has 0 bridgehead atoms. The first-order valence-electron chi connectivity index (χ1n) is 8.69. The zero-order valence-electron chi connectivity index (χ0n) is 15.5. The smallest absolute Gasteiger partial charge is 0.208 e. The van der Waals surface area contributed by atoms with Crippen LogP contribution in [0.5, 0.6) is 0 Å². The predicted octanol–water partition coefficient (Wildman–Crippen LogP) is 2.07. The third kappa shape index (κ3) is 3.26. The second-order valence-corrected chi connectivity index (χ2v) is 7.71. The van der Waals surface area contributed by atoms with Crippen molar-refractivity contribution in [3.63, 3.8) is 0 Å². The van der Waals surface area contributed by atoms with Gasteiger partial charge in [-0.15, -0.1) is 10.2 Å². The van der Waals surface area contributed by atoms with E-state index in [2.05, 4.69) is 41.1 Å². The van der Waals surface area contributed by atoms with Gasteiger partial charge in [0, 0.05) is 37.9 Å². The standard InChI is InChI=1S/C17H22N8S/c1-11-9-12(2)25(22-11)16-10-15(18-13(3)19-16)23-5-7-24(8-6-23)17-21-20-14(4)26-17/h9-10H,5-8H2,1-4H3. The molecule has 136 valence electrons. The van der Waals surface area contributed by atoms with Crippen LogP contribution in [0.25, 0.3) is 5.82 Å². The molecule has 4 rings (SSSR count). The van der Waals surface area contributed by atoms with Gasteiger partial charge in [0.15, 0.2) is 5.82 Å². The van der Waals surface area contributed by atoms with Gasteiger partial charge in [-0.05, 0) is 33.8 Å². The normalized spacial score (nSPS) is 14.9. The van der Waals surface area contributed by atoms with E-state index < -0.39 is 0 Å². The van der Waals surface area contributed by atoms with E-state index in [0.29, 0.717) is 0 Å². The Morgan fingerprint density at radius 1 is 0.846 bits per heavy atom. The van der Waals surface area contributed by atoms with Gasteiger partial charge in [-0.2, -0.15) is 5.10 Å². The van der Waals surface area contributed by atoms with Gasteiger partial charge in [-0.25, -0.2) is 14.6 Å². The van der Waals surface area contributed by atoms with Crippen molar-refractivity contribution in [2.24, 2.45) is 0 Å². The molecule has 3 aromatic rings. The molecule has 4 heterocycles. The summed E-state index contributed by atoms with van der Waals surface area (Å²) < 4.78 is 1.88. The summed E-state index contributed by atoms with van der Waals surface area (Å²) in [5.41, 5.74) is 2.06. The van der Waals surface area contributed by atoms with E-state index in [-0.39, 0.29) is 0 Å².